The van der Waals surface area contributed by atoms with E-state index >= 15 is 0 Å². The molecule has 0 aliphatic heterocycles. The molecule has 36 nitrogen and oxygen atoms in total. The fraction of sp³-hybridized carbons (Fsp3) is 0. The predicted octanol–water partition coefficient (Wildman–Crippen LogP) is -106. The smallest absolute Gasteiger partial charge is 0.822 e. The van der Waals surface area contributed by atoms with Gasteiger partial charge in [-0.25, -0.2) is 0 Å². The fourth-order valence-electron chi connectivity index (χ4n) is 0. The zero-order valence-corrected chi connectivity index (χ0v) is 108. The summed E-state index contributed by atoms with van der Waals surface area (Å²) in [5, 5.41) is 0. The summed E-state index contributed by atoms with van der Waals surface area (Å²) >= 11 is 0. The summed E-state index contributed by atoms with van der Waals surface area (Å²) in [4.78, 5) is 231. The Labute approximate surface area is 1010 Å². The van der Waals surface area contributed by atoms with E-state index in [9.17, 15) is 0 Å². The van der Waals surface area contributed by atoms with E-state index in [2.05, 4.69) is 0 Å². The summed E-state index contributed by atoms with van der Waals surface area (Å²) in [6, 6.07) is 0. The summed E-state index contributed by atoms with van der Waals surface area (Å²) in [6.45, 7) is 0. The van der Waals surface area contributed by atoms with E-state index in [-0.39, 0.29) is 798 Å². The van der Waals surface area contributed by atoms with Gasteiger partial charge in [0.25, 0.3) is 0 Å². The van der Waals surface area contributed by atoms with E-state index in [1.807, 2.05) is 0 Å². The van der Waals surface area contributed by atoms with Crippen LogP contribution in [0.1, 0.15) is 0 Å². The normalized spacial score (nSPS) is 7.38. The van der Waals surface area contributed by atoms with Crippen molar-refractivity contribution >= 4 is 70.4 Å². The first-order chi connectivity index (χ1) is 18.0. The average molecular weight is 1480 g/mol. The SMILES string of the molecule is O=P([O-])([O-])[O-].O=P([O-])([O-])[O-].O=P([O-])([O-])[O-].O=P([O-])([O-])[O-].O=P([O-])([O-])[O-].O=P([O-])([O-])[O-].O=P([O-])([O-])[O-].O=P([O-])([O-])[O-].O=P([O-])([O-])[O-].[Na+].[Na+].[Na+].[Na+].[Na+].[Na+].[Na+].[Na+].[Na+].[Na+].[Na+].[Na+].[Na+].[Na+].[Na+].[Na+].[Na+].[Na+].[Na+].[Na+].[Na+].[Na+].[Na+].[Na+].[Na+].[Na+].[Na+]. The molecule has 0 rings (SSSR count). The molecule has 0 bridgehead atoms. The van der Waals surface area contributed by atoms with Gasteiger partial charge in [-0.3, -0.25) is 0 Å². The summed E-state index contributed by atoms with van der Waals surface area (Å²) in [6.07, 6.45) is 0. The molecule has 0 unspecified atom stereocenters. The molecule has 0 heterocycles. The Hall–Kier alpha value is 28.0. The first-order valence-corrected chi connectivity index (χ1v) is 19.7. The van der Waals surface area contributed by atoms with E-state index in [1.54, 1.807) is 0 Å². The molecule has 0 saturated heterocycles. The number of hydrogen-bond acceptors (Lipinski definition) is 36. The summed E-state index contributed by atoms with van der Waals surface area (Å²) < 4.78 is 76.9. The van der Waals surface area contributed by atoms with Crippen LogP contribution in [-0.4, -0.2) is 0 Å². The third kappa shape index (κ3) is 1180. The molecule has 0 fully saturated rings. The summed E-state index contributed by atoms with van der Waals surface area (Å²) in [7, 11) is -48.5. The van der Waals surface area contributed by atoms with Crippen LogP contribution in [0.25, 0.3) is 0 Å². The van der Waals surface area contributed by atoms with Crippen LogP contribution in [0.5, 0.6) is 0 Å². The monoisotopic (exact) mass is 1480 g/mol. The Morgan fingerprint density at radius 2 is 0.0972 bits per heavy atom. The van der Waals surface area contributed by atoms with Gasteiger partial charge in [-0.1, -0.05) is 0 Å². The topological polar surface area (TPSA) is 776 Å². The van der Waals surface area contributed by atoms with Crippen molar-refractivity contribution in [2.75, 3.05) is 0 Å². The van der Waals surface area contributed by atoms with Gasteiger partial charge in [0.15, 0.2) is 0 Å². The molecule has 72 heteroatoms. The van der Waals surface area contributed by atoms with Gasteiger partial charge >= 0.3 is 798 Å². The van der Waals surface area contributed by atoms with Crippen molar-refractivity contribution in [1.29, 1.82) is 0 Å². The predicted molar refractivity (Wildman–Crippen MR) is 68.5 cm³/mol. The van der Waals surface area contributed by atoms with E-state index < -0.39 is 70.4 Å². The molecule has 0 amide bonds. The zero-order chi connectivity index (χ0) is 40.5. The number of hydrogen-bond donors (Lipinski definition) is 0. The van der Waals surface area contributed by atoms with Crippen molar-refractivity contribution in [2.24, 2.45) is 0 Å². The fourth-order valence-corrected chi connectivity index (χ4v) is 0. The Bertz CT molecular complexity index is 802. The number of rotatable bonds is 0. The van der Waals surface area contributed by atoms with Crippen molar-refractivity contribution in [1.82, 2.24) is 0 Å². The van der Waals surface area contributed by atoms with Crippen molar-refractivity contribution in [2.45, 2.75) is 0 Å². The van der Waals surface area contributed by atoms with Crippen LogP contribution in [0.15, 0.2) is 0 Å². The van der Waals surface area contributed by atoms with Crippen LogP contribution in [0.4, 0.5) is 0 Å². The molecule has 0 N–H and O–H groups in total. The Kier molecular flexibility index (Phi) is 470. The molecule has 0 aromatic heterocycles. The second-order valence-corrected chi connectivity index (χ2v) is 12.1. The van der Waals surface area contributed by atoms with Gasteiger partial charge in [-0.05, 0) is 0 Å². The minimum atomic E-state index is -5.39. The second-order valence-electron chi connectivity index (χ2n) is 4.02. The molecule has 0 aromatic carbocycles. The van der Waals surface area contributed by atoms with Gasteiger partial charge in [0.2, 0.25) is 0 Å². The molecule has 0 saturated carbocycles. The molecule has 0 radical (unpaired) electrons. The molecule has 72 heavy (non-hydrogen) atoms. The van der Waals surface area contributed by atoms with E-state index in [0.29, 0.717) is 0 Å². The minimum absolute atomic E-state index is 0. The van der Waals surface area contributed by atoms with Gasteiger partial charge in [0.05, 0.1) is 0 Å². The first-order valence-electron chi connectivity index (χ1n) is 6.57. The molecule has 0 spiro atoms. The maximum Gasteiger partial charge on any atom is 1.00 e. The average Bonchev–Trinajstić information content (AvgIpc) is 2.26. The van der Waals surface area contributed by atoms with Gasteiger partial charge in [-0.15, -0.1) is 0 Å². The van der Waals surface area contributed by atoms with Gasteiger partial charge in [-0.2, -0.15) is 70.4 Å². The van der Waals surface area contributed by atoms with Gasteiger partial charge in [0, 0.05) is 0 Å². The van der Waals surface area contributed by atoms with E-state index in [1.165, 1.54) is 0 Å². The molecular weight excluding hydrogens is 1480 g/mol. The van der Waals surface area contributed by atoms with Gasteiger partial charge < -0.3 is 173 Å². The van der Waals surface area contributed by atoms with Crippen molar-refractivity contribution in [3.63, 3.8) is 0 Å². The summed E-state index contributed by atoms with van der Waals surface area (Å²) in [5.74, 6) is 0. The van der Waals surface area contributed by atoms with Crippen molar-refractivity contribution < 1.29 is 971 Å². The second kappa shape index (κ2) is 141. The molecule has 0 atom stereocenters. The molecular formula is Na27O36P9. The molecule has 0 aliphatic rings. The van der Waals surface area contributed by atoms with Crippen molar-refractivity contribution in [3.8, 4) is 0 Å². The van der Waals surface area contributed by atoms with Crippen LogP contribution in [0.3, 0.4) is 0 Å². The Morgan fingerprint density at radius 3 is 0.0972 bits per heavy atom. The molecule has 0 aliphatic carbocycles. The quantitative estimate of drug-likeness (QED) is 0.160. The maximum absolute atomic E-state index is 8.55. The van der Waals surface area contributed by atoms with Crippen LogP contribution < -0.4 is 930 Å². The molecule has 0 aromatic rings. The van der Waals surface area contributed by atoms with Crippen LogP contribution in [-0.2, 0) is 41.1 Å². The van der Waals surface area contributed by atoms with Crippen LogP contribution >= 0.6 is 70.4 Å². The van der Waals surface area contributed by atoms with E-state index in [4.69, 9.17) is 173 Å². The van der Waals surface area contributed by atoms with Gasteiger partial charge in [0.1, 0.15) is 0 Å². The van der Waals surface area contributed by atoms with Crippen LogP contribution in [0, 0.1) is 0 Å². The summed E-state index contributed by atoms with van der Waals surface area (Å²) in [5.41, 5.74) is 0. The van der Waals surface area contributed by atoms with E-state index in [0.717, 1.165) is 0 Å². The first kappa shape index (κ1) is 239. The third-order valence-corrected chi connectivity index (χ3v) is 0. The third-order valence-electron chi connectivity index (χ3n) is 0. The van der Waals surface area contributed by atoms with Crippen molar-refractivity contribution in [3.05, 3.63) is 0 Å². The van der Waals surface area contributed by atoms with Crippen LogP contribution in [0.2, 0.25) is 0 Å². The number of phosphoric acid groups is 9. The molecule has 288 valence electrons. The Morgan fingerprint density at radius 1 is 0.0972 bits per heavy atom. The minimum Gasteiger partial charge on any atom is -0.822 e. The largest absolute Gasteiger partial charge is 1.00 e. The Balaban J connectivity index is -0.00000000569. The standard InChI is InChI=1S/27Na.9H3O4P/c;;;;;;;;;;;;;;;;;;;;;;;;;;;9*1-5(2,3)4/h;;;;;;;;;;;;;;;;;;;;;;;;;;;9*(H3,1,2,3,4)/q27*+1;;;;;;;;;/p-27. The zero-order valence-electron chi connectivity index (χ0n) is 45.7. The maximum atomic E-state index is 8.55.